The fourth-order valence-corrected chi connectivity index (χ4v) is 3.88. The summed E-state index contributed by atoms with van der Waals surface area (Å²) in [5.41, 5.74) is 7.80. The van der Waals surface area contributed by atoms with Gasteiger partial charge < -0.3 is 15.2 Å². The zero-order chi connectivity index (χ0) is 18.4. The fourth-order valence-electron chi connectivity index (χ4n) is 3.88. The quantitative estimate of drug-likeness (QED) is 0.672. The number of amidine groups is 1. The third kappa shape index (κ3) is 2.34. The molecule has 0 saturated carbocycles. The van der Waals surface area contributed by atoms with Crippen molar-refractivity contribution in [2.75, 3.05) is 13.2 Å². The van der Waals surface area contributed by atoms with E-state index in [1.807, 2.05) is 42.5 Å². The monoisotopic (exact) mass is 361 g/mol. The van der Waals surface area contributed by atoms with Crippen LogP contribution in [0, 0.1) is 5.95 Å². The number of pyridine rings is 1. The molecule has 1 unspecified atom stereocenters. The van der Waals surface area contributed by atoms with Crippen LogP contribution in [0.2, 0.25) is 0 Å². The Labute approximate surface area is 155 Å². The Bertz CT molecular complexity index is 1080. The molecule has 1 atom stereocenters. The van der Waals surface area contributed by atoms with Gasteiger partial charge in [0.1, 0.15) is 29.5 Å². The minimum absolute atomic E-state index is 0.267. The molecule has 0 aliphatic carbocycles. The maximum Gasteiger partial charge on any atom is 0.220 e. The number of aromatic nitrogens is 1. The Kier molecular flexibility index (Phi) is 3.48. The summed E-state index contributed by atoms with van der Waals surface area (Å²) in [4.78, 5) is 8.62. The summed E-state index contributed by atoms with van der Waals surface area (Å²) in [6, 6.07) is 16.6. The van der Waals surface area contributed by atoms with Crippen molar-refractivity contribution in [1.82, 2.24) is 4.98 Å². The number of nitrogens with two attached hydrogens (primary N) is 1. The summed E-state index contributed by atoms with van der Waals surface area (Å²) in [7, 11) is 0. The zero-order valence-electron chi connectivity index (χ0n) is 14.4. The zero-order valence-corrected chi connectivity index (χ0v) is 14.4. The van der Waals surface area contributed by atoms with Gasteiger partial charge in [-0.2, -0.15) is 4.39 Å². The Morgan fingerprint density at radius 1 is 0.963 bits per heavy atom. The molecule has 0 amide bonds. The van der Waals surface area contributed by atoms with Crippen LogP contribution in [0.25, 0.3) is 11.1 Å². The highest BCUT2D eigenvalue weighted by Gasteiger charge is 2.46. The highest BCUT2D eigenvalue weighted by molar-refractivity contribution is 5.85. The summed E-state index contributed by atoms with van der Waals surface area (Å²) >= 11 is 0. The van der Waals surface area contributed by atoms with E-state index in [1.165, 1.54) is 6.20 Å². The Hall–Kier alpha value is -3.25. The van der Waals surface area contributed by atoms with Crippen LogP contribution in [-0.2, 0) is 10.3 Å². The lowest BCUT2D eigenvalue weighted by molar-refractivity contribution is 0.110. The van der Waals surface area contributed by atoms with Crippen LogP contribution >= 0.6 is 0 Å². The van der Waals surface area contributed by atoms with Gasteiger partial charge in [0.25, 0.3) is 0 Å². The van der Waals surface area contributed by atoms with E-state index in [-0.39, 0.29) is 6.61 Å². The topological polar surface area (TPSA) is 69.7 Å². The molecule has 6 heteroatoms. The van der Waals surface area contributed by atoms with Crippen LogP contribution in [0.15, 0.2) is 65.8 Å². The van der Waals surface area contributed by atoms with Crippen LogP contribution in [-0.4, -0.2) is 24.0 Å². The second-order valence-corrected chi connectivity index (χ2v) is 6.57. The van der Waals surface area contributed by atoms with E-state index in [0.717, 1.165) is 11.1 Å². The first-order valence-corrected chi connectivity index (χ1v) is 8.63. The number of benzene rings is 2. The number of hydrogen-bond donors (Lipinski definition) is 1. The molecule has 134 valence electrons. The summed E-state index contributed by atoms with van der Waals surface area (Å²) < 4.78 is 26.5. The molecule has 0 fully saturated rings. The summed E-state index contributed by atoms with van der Waals surface area (Å²) in [5.74, 6) is 1.14. The molecule has 2 aromatic carbocycles. The molecule has 0 bridgehead atoms. The van der Waals surface area contributed by atoms with Crippen molar-refractivity contribution in [1.29, 1.82) is 0 Å². The number of ether oxygens (including phenoxy) is 2. The van der Waals surface area contributed by atoms with Gasteiger partial charge in [0.05, 0.1) is 6.61 Å². The lowest BCUT2D eigenvalue weighted by atomic mass is 9.77. The van der Waals surface area contributed by atoms with Crippen LogP contribution in [0.3, 0.4) is 0 Å². The van der Waals surface area contributed by atoms with Crippen molar-refractivity contribution in [3.8, 4) is 22.6 Å². The minimum Gasteiger partial charge on any atom is -0.457 e. The number of halogens is 1. The molecule has 2 aliphatic rings. The highest BCUT2D eigenvalue weighted by Crippen LogP contribution is 2.53. The fraction of sp³-hybridized carbons (Fsp3) is 0.143. The van der Waals surface area contributed by atoms with E-state index in [2.05, 4.69) is 4.98 Å². The van der Waals surface area contributed by atoms with E-state index >= 15 is 0 Å². The Balaban J connectivity index is 1.87. The first-order valence-electron chi connectivity index (χ1n) is 8.63. The van der Waals surface area contributed by atoms with Crippen molar-refractivity contribution in [3.05, 3.63) is 77.9 Å². The van der Waals surface area contributed by atoms with Gasteiger partial charge >= 0.3 is 0 Å². The normalized spacial score (nSPS) is 20.4. The average Bonchev–Trinajstić information content (AvgIpc) is 2.68. The lowest BCUT2D eigenvalue weighted by Crippen LogP contribution is -2.42. The Morgan fingerprint density at radius 3 is 2.63 bits per heavy atom. The van der Waals surface area contributed by atoms with Crippen LogP contribution in [0.5, 0.6) is 11.5 Å². The van der Waals surface area contributed by atoms with Crippen molar-refractivity contribution in [3.63, 3.8) is 0 Å². The van der Waals surface area contributed by atoms with E-state index in [9.17, 15) is 4.39 Å². The van der Waals surface area contributed by atoms with Crippen molar-refractivity contribution < 1.29 is 13.9 Å². The molecule has 1 spiro atoms. The summed E-state index contributed by atoms with van der Waals surface area (Å²) in [6.45, 7) is 0.559. The van der Waals surface area contributed by atoms with E-state index in [0.29, 0.717) is 35.1 Å². The number of hydrogen-bond acceptors (Lipinski definition) is 5. The maximum absolute atomic E-state index is 14.5. The smallest absolute Gasteiger partial charge is 0.220 e. The van der Waals surface area contributed by atoms with Gasteiger partial charge in [-0.05, 0) is 29.8 Å². The van der Waals surface area contributed by atoms with E-state index < -0.39 is 11.5 Å². The molecule has 5 rings (SSSR count). The second-order valence-electron chi connectivity index (χ2n) is 6.57. The number of nitrogens with zero attached hydrogens (tertiary/aromatic N) is 2. The molecule has 2 aliphatic heterocycles. The van der Waals surface area contributed by atoms with Gasteiger partial charge in [-0.3, -0.25) is 4.99 Å². The first kappa shape index (κ1) is 16.0. The molecule has 27 heavy (non-hydrogen) atoms. The SMILES string of the molecule is NC1=NC2(COC1)c1ccccc1Oc1cccc(-c3cccnc3F)c12. The maximum atomic E-state index is 14.5. The minimum atomic E-state index is -0.897. The van der Waals surface area contributed by atoms with Gasteiger partial charge in [-0.25, -0.2) is 4.98 Å². The third-order valence-corrected chi connectivity index (χ3v) is 4.94. The molecule has 2 N–H and O–H groups in total. The van der Waals surface area contributed by atoms with Crippen molar-refractivity contribution in [2.24, 2.45) is 10.7 Å². The standard InChI is InChI=1S/C21H16FN3O2/c22-20-14(6-4-10-24-20)13-5-3-9-17-19(13)21(12-26-11-18(23)25-21)15-7-1-2-8-16(15)27-17/h1-10H,11-12H2,(H2,23,25). The lowest BCUT2D eigenvalue weighted by Gasteiger charge is -2.40. The molecule has 3 aromatic rings. The predicted octanol–water partition coefficient (Wildman–Crippen LogP) is 3.62. The molecular formula is C21H16FN3O2. The largest absolute Gasteiger partial charge is 0.457 e. The van der Waals surface area contributed by atoms with Gasteiger partial charge in [-0.15, -0.1) is 0 Å². The number of rotatable bonds is 1. The molecule has 3 heterocycles. The van der Waals surface area contributed by atoms with Gasteiger partial charge in [0, 0.05) is 22.9 Å². The predicted molar refractivity (Wildman–Crippen MR) is 99.4 cm³/mol. The van der Waals surface area contributed by atoms with Gasteiger partial charge in [-0.1, -0.05) is 30.3 Å². The van der Waals surface area contributed by atoms with Crippen molar-refractivity contribution in [2.45, 2.75) is 5.54 Å². The van der Waals surface area contributed by atoms with Gasteiger partial charge in [0.2, 0.25) is 5.95 Å². The van der Waals surface area contributed by atoms with Crippen LogP contribution < -0.4 is 10.5 Å². The van der Waals surface area contributed by atoms with Crippen LogP contribution in [0.1, 0.15) is 11.1 Å². The summed E-state index contributed by atoms with van der Waals surface area (Å²) in [6.07, 6.45) is 1.43. The van der Waals surface area contributed by atoms with E-state index in [4.69, 9.17) is 20.2 Å². The molecule has 1 aromatic heterocycles. The number of para-hydroxylation sites is 1. The van der Waals surface area contributed by atoms with Crippen molar-refractivity contribution >= 4 is 5.84 Å². The molecule has 0 saturated heterocycles. The van der Waals surface area contributed by atoms with E-state index in [1.54, 1.807) is 12.1 Å². The molecule has 5 nitrogen and oxygen atoms in total. The molecule has 0 radical (unpaired) electrons. The molecular weight excluding hydrogens is 345 g/mol. The highest BCUT2D eigenvalue weighted by atomic mass is 19.1. The third-order valence-electron chi connectivity index (χ3n) is 4.94. The Morgan fingerprint density at radius 2 is 1.78 bits per heavy atom. The van der Waals surface area contributed by atoms with Crippen LogP contribution in [0.4, 0.5) is 4.39 Å². The summed E-state index contributed by atoms with van der Waals surface area (Å²) in [5, 5.41) is 0. The number of fused-ring (bicyclic) bond motifs is 4. The first-order chi connectivity index (χ1) is 13.2. The van der Waals surface area contributed by atoms with Gasteiger partial charge in [0.15, 0.2) is 0 Å². The average molecular weight is 361 g/mol. The number of aliphatic imine (C=N–C) groups is 1. The second kappa shape index (κ2) is 5.89.